The van der Waals surface area contributed by atoms with Crippen molar-refractivity contribution in [3.05, 3.63) is 59.8 Å². The first-order chi connectivity index (χ1) is 9.90. The van der Waals surface area contributed by atoms with E-state index in [-0.39, 0.29) is 0 Å². The van der Waals surface area contributed by atoms with E-state index < -0.39 is 0 Å². The van der Waals surface area contributed by atoms with Crippen molar-refractivity contribution in [2.45, 2.75) is 19.0 Å². The molecule has 4 rings (SSSR count). The van der Waals surface area contributed by atoms with Crippen molar-refractivity contribution in [2.24, 2.45) is 4.99 Å². The van der Waals surface area contributed by atoms with E-state index in [9.17, 15) is 0 Å². The molecule has 0 radical (unpaired) electrons. The normalized spacial score (nSPS) is 22.7. The minimum atomic E-state index is 0.581. The average molecular weight is 281 g/mol. The van der Waals surface area contributed by atoms with Crippen molar-refractivity contribution >= 4 is 22.7 Å². The van der Waals surface area contributed by atoms with E-state index >= 15 is 0 Å². The quantitative estimate of drug-likeness (QED) is 0.803. The molecule has 3 heterocycles. The molecular formula is C16H15N3S. The van der Waals surface area contributed by atoms with Crippen LogP contribution in [0.2, 0.25) is 0 Å². The molecule has 0 bridgehead atoms. The minimum absolute atomic E-state index is 0.581. The van der Waals surface area contributed by atoms with E-state index in [1.54, 1.807) is 6.20 Å². The molecule has 100 valence electrons. The fourth-order valence-electron chi connectivity index (χ4n) is 2.83. The number of benzene rings is 1. The molecule has 3 nitrogen and oxygen atoms in total. The minimum Gasteiger partial charge on any atom is -0.343 e. The Kier molecular flexibility index (Phi) is 2.96. The lowest BCUT2D eigenvalue weighted by Gasteiger charge is -2.32. The van der Waals surface area contributed by atoms with Crippen molar-refractivity contribution < 1.29 is 0 Å². The lowest BCUT2D eigenvalue weighted by molar-refractivity contribution is 0.320. The standard InChI is InChI=1S/C16H15N3S/c1-2-6-13-10-19-14(9-12(13)5-1)11-20-16(19)18-15-7-3-4-8-17-15/h1-8,14H,9-11H2/t14-/m0/s1. The van der Waals surface area contributed by atoms with Crippen LogP contribution in [0.15, 0.2) is 53.7 Å². The first-order valence-electron chi connectivity index (χ1n) is 6.86. The van der Waals surface area contributed by atoms with Gasteiger partial charge in [-0.1, -0.05) is 42.1 Å². The Morgan fingerprint density at radius 1 is 1.10 bits per heavy atom. The largest absolute Gasteiger partial charge is 0.343 e. The second kappa shape index (κ2) is 4.94. The van der Waals surface area contributed by atoms with Crippen LogP contribution in [0.4, 0.5) is 5.82 Å². The van der Waals surface area contributed by atoms with Crippen LogP contribution in [0.5, 0.6) is 0 Å². The number of fused-ring (bicyclic) bond motifs is 2. The molecule has 1 aromatic carbocycles. The summed E-state index contributed by atoms with van der Waals surface area (Å²) in [6, 6.07) is 15.2. The van der Waals surface area contributed by atoms with Gasteiger partial charge in [0.2, 0.25) is 0 Å². The third-order valence-corrected chi connectivity index (χ3v) is 5.00. The van der Waals surface area contributed by atoms with Gasteiger partial charge in [-0.25, -0.2) is 9.98 Å². The number of aliphatic imine (C=N–C) groups is 1. The zero-order chi connectivity index (χ0) is 13.4. The fourth-order valence-corrected chi connectivity index (χ4v) is 4.01. The van der Waals surface area contributed by atoms with Gasteiger partial charge in [0.1, 0.15) is 0 Å². The van der Waals surface area contributed by atoms with Gasteiger partial charge < -0.3 is 4.90 Å². The summed E-state index contributed by atoms with van der Waals surface area (Å²) in [5, 5.41) is 1.11. The second-order valence-corrected chi connectivity index (χ2v) is 6.14. The van der Waals surface area contributed by atoms with E-state index in [1.807, 2.05) is 30.0 Å². The highest BCUT2D eigenvalue weighted by molar-refractivity contribution is 8.14. The van der Waals surface area contributed by atoms with Crippen molar-refractivity contribution in [3.8, 4) is 0 Å². The summed E-state index contributed by atoms with van der Waals surface area (Å²) in [6.07, 6.45) is 2.92. The molecule has 0 unspecified atom stereocenters. The summed E-state index contributed by atoms with van der Waals surface area (Å²) >= 11 is 1.85. The van der Waals surface area contributed by atoms with Crippen LogP contribution in [0.3, 0.4) is 0 Å². The fraction of sp³-hybridized carbons (Fsp3) is 0.250. The first kappa shape index (κ1) is 12.0. The maximum Gasteiger partial charge on any atom is 0.166 e. The maximum atomic E-state index is 4.71. The Morgan fingerprint density at radius 2 is 1.95 bits per heavy atom. The molecule has 1 saturated heterocycles. The molecule has 1 fully saturated rings. The number of thioether (sulfide) groups is 1. The number of amidine groups is 1. The Bertz CT molecular complexity index is 654. The zero-order valence-corrected chi connectivity index (χ0v) is 11.9. The highest BCUT2D eigenvalue weighted by atomic mass is 32.2. The van der Waals surface area contributed by atoms with Crippen LogP contribution >= 0.6 is 11.8 Å². The molecule has 0 amide bonds. The molecule has 4 heteroatoms. The van der Waals surface area contributed by atoms with Gasteiger partial charge in [0.15, 0.2) is 11.0 Å². The van der Waals surface area contributed by atoms with Gasteiger partial charge in [-0.05, 0) is 29.7 Å². The predicted molar refractivity (Wildman–Crippen MR) is 83.3 cm³/mol. The van der Waals surface area contributed by atoms with Crippen LogP contribution in [0, 0.1) is 0 Å². The van der Waals surface area contributed by atoms with Crippen LogP contribution in [-0.4, -0.2) is 26.8 Å². The van der Waals surface area contributed by atoms with E-state index in [0.717, 1.165) is 29.7 Å². The molecule has 0 aliphatic carbocycles. The summed E-state index contributed by atoms with van der Waals surface area (Å²) in [4.78, 5) is 11.4. The van der Waals surface area contributed by atoms with Gasteiger partial charge in [0.05, 0.1) is 0 Å². The van der Waals surface area contributed by atoms with Gasteiger partial charge in [0.25, 0.3) is 0 Å². The predicted octanol–water partition coefficient (Wildman–Crippen LogP) is 3.24. The average Bonchev–Trinajstić information content (AvgIpc) is 2.88. The van der Waals surface area contributed by atoms with Gasteiger partial charge >= 0.3 is 0 Å². The van der Waals surface area contributed by atoms with Crippen molar-refractivity contribution in [3.63, 3.8) is 0 Å². The molecule has 0 N–H and O–H groups in total. The molecular weight excluding hydrogens is 266 g/mol. The number of hydrogen-bond donors (Lipinski definition) is 0. The number of pyridine rings is 1. The zero-order valence-electron chi connectivity index (χ0n) is 11.1. The lowest BCUT2D eigenvalue weighted by atomic mass is 9.95. The molecule has 1 aromatic heterocycles. The Hall–Kier alpha value is -1.81. The molecule has 0 saturated carbocycles. The number of aromatic nitrogens is 1. The Labute approximate surface area is 122 Å². The van der Waals surface area contributed by atoms with Crippen LogP contribution in [-0.2, 0) is 13.0 Å². The molecule has 2 aromatic rings. The van der Waals surface area contributed by atoms with Crippen molar-refractivity contribution in [2.75, 3.05) is 5.75 Å². The third-order valence-electron chi connectivity index (χ3n) is 3.87. The Morgan fingerprint density at radius 3 is 2.80 bits per heavy atom. The maximum absolute atomic E-state index is 4.71. The highest BCUT2D eigenvalue weighted by Crippen LogP contribution is 2.34. The molecule has 0 spiro atoms. The monoisotopic (exact) mass is 281 g/mol. The van der Waals surface area contributed by atoms with Gasteiger partial charge in [-0.15, -0.1) is 0 Å². The van der Waals surface area contributed by atoms with Crippen LogP contribution in [0.25, 0.3) is 0 Å². The Balaban J connectivity index is 1.65. The summed E-state index contributed by atoms with van der Waals surface area (Å²) in [6.45, 7) is 0.972. The van der Waals surface area contributed by atoms with Gasteiger partial charge in [-0.2, -0.15) is 0 Å². The molecule has 1 atom stereocenters. The molecule has 2 aliphatic rings. The number of rotatable bonds is 1. The first-order valence-corrected chi connectivity index (χ1v) is 7.85. The van der Waals surface area contributed by atoms with E-state index in [1.165, 1.54) is 11.1 Å². The van der Waals surface area contributed by atoms with E-state index in [4.69, 9.17) is 4.99 Å². The van der Waals surface area contributed by atoms with Crippen LogP contribution in [0.1, 0.15) is 11.1 Å². The van der Waals surface area contributed by atoms with Gasteiger partial charge in [-0.3, -0.25) is 0 Å². The topological polar surface area (TPSA) is 28.5 Å². The summed E-state index contributed by atoms with van der Waals surface area (Å²) in [5.41, 5.74) is 2.92. The van der Waals surface area contributed by atoms with Crippen LogP contribution < -0.4 is 0 Å². The number of nitrogens with zero attached hydrogens (tertiary/aromatic N) is 3. The van der Waals surface area contributed by atoms with Gasteiger partial charge in [0, 0.05) is 24.5 Å². The number of hydrogen-bond acceptors (Lipinski definition) is 3. The van der Waals surface area contributed by atoms with E-state index in [0.29, 0.717) is 6.04 Å². The third kappa shape index (κ3) is 2.10. The van der Waals surface area contributed by atoms with E-state index in [2.05, 4.69) is 34.1 Å². The summed E-state index contributed by atoms with van der Waals surface area (Å²) in [5.74, 6) is 1.93. The second-order valence-electron chi connectivity index (χ2n) is 5.15. The van der Waals surface area contributed by atoms with Crippen molar-refractivity contribution in [1.29, 1.82) is 0 Å². The highest BCUT2D eigenvalue weighted by Gasteiger charge is 2.34. The smallest absolute Gasteiger partial charge is 0.166 e. The molecule has 2 aliphatic heterocycles. The molecule has 20 heavy (non-hydrogen) atoms. The SMILES string of the molecule is c1ccc(N=C2SC[C@@H]3Cc4ccccc4CN23)nc1. The lowest BCUT2D eigenvalue weighted by Crippen LogP contribution is -2.38. The summed E-state index contributed by atoms with van der Waals surface area (Å²) < 4.78 is 0. The summed E-state index contributed by atoms with van der Waals surface area (Å²) in [7, 11) is 0. The van der Waals surface area contributed by atoms with Crippen molar-refractivity contribution in [1.82, 2.24) is 9.88 Å².